The van der Waals surface area contributed by atoms with Crippen molar-refractivity contribution < 1.29 is 19.4 Å². The number of carboxylic acids is 1. The first kappa shape index (κ1) is 15.7. The number of tetrazole rings is 1. The standard InChI is InChI=1S/C12H12ClN5O4/c1-18-10(15-16-17-18)5-11(19)14-8-4-9(22-2)6(12(20)21)3-7(8)13/h3-4H,5H2,1-2H3,(H,14,19)(H,20,21). The molecule has 2 rings (SSSR count). The lowest BCUT2D eigenvalue weighted by Crippen LogP contribution is -2.17. The smallest absolute Gasteiger partial charge is 0.339 e. The SMILES string of the molecule is COc1cc(NC(=O)Cc2nnnn2C)c(Cl)cc1C(=O)O. The molecule has 0 aliphatic rings. The highest BCUT2D eigenvalue weighted by atomic mass is 35.5. The predicted molar refractivity (Wildman–Crippen MR) is 76.1 cm³/mol. The summed E-state index contributed by atoms with van der Waals surface area (Å²) < 4.78 is 6.35. The largest absolute Gasteiger partial charge is 0.496 e. The molecule has 0 bridgehead atoms. The Morgan fingerprint density at radius 2 is 2.18 bits per heavy atom. The van der Waals surface area contributed by atoms with Crippen molar-refractivity contribution in [2.45, 2.75) is 6.42 Å². The average Bonchev–Trinajstić information content (AvgIpc) is 2.85. The Labute approximate surface area is 129 Å². The summed E-state index contributed by atoms with van der Waals surface area (Å²) >= 11 is 5.98. The third kappa shape index (κ3) is 3.31. The van der Waals surface area contributed by atoms with Gasteiger partial charge in [-0.05, 0) is 16.5 Å². The molecule has 0 atom stereocenters. The molecule has 0 unspecified atom stereocenters. The van der Waals surface area contributed by atoms with E-state index in [0.29, 0.717) is 5.82 Å². The molecule has 2 aromatic rings. The number of aryl methyl sites for hydroxylation is 1. The zero-order valence-corrected chi connectivity index (χ0v) is 12.5. The van der Waals surface area contributed by atoms with E-state index in [9.17, 15) is 9.59 Å². The summed E-state index contributed by atoms with van der Waals surface area (Å²) in [5.41, 5.74) is 0.145. The Balaban J connectivity index is 2.20. The molecule has 0 radical (unpaired) electrons. The van der Waals surface area contributed by atoms with Crippen molar-refractivity contribution in [2.24, 2.45) is 7.05 Å². The topological polar surface area (TPSA) is 119 Å². The van der Waals surface area contributed by atoms with Crippen LogP contribution in [0.25, 0.3) is 0 Å². The van der Waals surface area contributed by atoms with E-state index in [1.54, 1.807) is 7.05 Å². The van der Waals surface area contributed by atoms with Gasteiger partial charge in [0, 0.05) is 13.1 Å². The summed E-state index contributed by atoms with van der Waals surface area (Å²) in [6.07, 6.45) is -0.0528. The minimum absolute atomic E-state index is 0.0528. The van der Waals surface area contributed by atoms with Crippen molar-refractivity contribution in [3.63, 3.8) is 0 Å². The fourth-order valence-electron chi connectivity index (χ4n) is 1.72. The van der Waals surface area contributed by atoms with Crippen LogP contribution in [0.15, 0.2) is 12.1 Å². The predicted octanol–water partition coefficient (Wildman–Crippen LogP) is 0.751. The number of carboxylic acid groups (broad SMARTS) is 1. The molecular formula is C12H12ClN5O4. The van der Waals surface area contributed by atoms with Gasteiger partial charge in [0.2, 0.25) is 5.91 Å². The van der Waals surface area contributed by atoms with E-state index in [1.807, 2.05) is 0 Å². The van der Waals surface area contributed by atoms with E-state index in [1.165, 1.54) is 23.9 Å². The number of halogens is 1. The number of ether oxygens (including phenoxy) is 1. The minimum atomic E-state index is -1.18. The fourth-order valence-corrected chi connectivity index (χ4v) is 1.93. The number of carbonyl (C=O) groups excluding carboxylic acids is 1. The van der Waals surface area contributed by atoms with Crippen molar-refractivity contribution in [3.05, 3.63) is 28.5 Å². The highest BCUT2D eigenvalue weighted by Gasteiger charge is 2.17. The Morgan fingerprint density at radius 3 is 2.73 bits per heavy atom. The van der Waals surface area contributed by atoms with Crippen molar-refractivity contribution in [1.82, 2.24) is 20.2 Å². The molecule has 1 heterocycles. The van der Waals surface area contributed by atoms with Crippen LogP contribution in [0.3, 0.4) is 0 Å². The molecule has 10 heteroatoms. The van der Waals surface area contributed by atoms with Crippen LogP contribution >= 0.6 is 11.6 Å². The molecule has 9 nitrogen and oxygen atoms in total. The number of aromatic carboxylic acids is 1. The third-order valence-electron chi connectivity index (χ3n) is 2.82. The second-order valence-electron chi connectivity index (χ2n) is 4.28. The maximum atomic E-state index is 12.0. The van der Waals surface area contributed by atoms with Gasteiger partial charge in [-0.3, -0.25) is 4.79 Å². The molecule has 0 aliphatic heterocycles. The molecular weight excluding hydrogens is 314 g/mol. The van der Waals surface area contributed by atoms with Crippen molar-refractivity contribution in [2.75, 3.05) is 12.4 Å². The monoisotopic (exact) mass is 325 g/mol. The number of hydrogen-bond acceptors (Lipinski definition) is 6. The zero-order chi connectivity index (χ0) is 16.3. The van der Waals surface area contributed by atoms with Gasteiger partial charge < -0.3 is 15.2 Å². The molecule has 0 saturated heterocycles. The fraction of sp³-hybridized carbons (Fsp3) is 0.250. The lowest BCUT2D eigenvalue weighted by atomic mass is 10.1. The maximum absolute atomic E-state index is 12.0. The number of anilines is 1. The van der Waals surface area contributed by atoms with Gasteiger partial charge in [0.1, 0.15) is 11.3 Å². The molecule has 22 heavy (non-hydrogen) atoms. The van der Waals surface area contributed by atoms with Gasteiger partial charge in [0.05, 0.1) is 24.2 Å². The Kier molecular flexibility index (Phi) is 4.56. The van der Waals surface area contributed by atoms with Crippen LogP contribution in [0.4, 0.5) is 5.69 Å². The summed E-state index contributed by atoms with van der Waals surface area (Å²) in [5.74, 6) is -1.11. The number of benzene rings is 1. The van der Waals surface area contributed by atoms with E-state index in [2.05, 4.69) is 20.8 Å². The highest BCUT2D eigenvalue weighted by Crippen LogP contribution is 2.31. The lowest BCUT2D eigenvalue weighted by molar-refractivity contribution is -0.115. The van der Waals surface area contributed by atoms with Crippen LogP contribution in [0.1, 0.15) is 16.2 Å². The molecule has 1 aromatic carbocycles. The normalized spacial score (nSPS) is 10.3. The van der Waals surface area contributed by atoms with Crippen molar-refractivity contribution in [1.29, 1.82) is 0 Å². The van der Waals surface area contributed by atoms with Gasteiger partial charge in [-0.1, -0.05) is 11.6 Å². The van der Waals surface area contributed by atoms with Crippen LogP contribution in [0, 0.1) is 0 Å². The maximum Gasteiger partial charge on any atom is 0.339 e. The van der Waals surface area contributed by atoms with Crippen LogP contribution in [0.5, 0.6) is 5.75 Å². The number of methoxy groups -OCH3 is 1. The van der Waals surface area contributed by atoms with Crippen molar-refractivity contribution in [3.8, 4) is 5.75 Å². The number of amides is 1. The summed E-state index contributed by atoms with van der Waals surface area (Å²) in [6, 6.07) is 2.56. The first-order chi connectivity index (χ1) is 10.4. The third-order valence-corrected chi connectivity index (χ3v) is 3.13. The van der Waals surface area contributed by atoms with Gasteiger partial charge >= 0.3 is 5.97 Å². The molecule has 2 N–H and O–H groups in total. The molecule has 116 valence electrons. The number of nitrogens with zero attached hydrogens (tertiary/aromatic N) is 4. The van der Waals surface area contributed by atoms with Gasteiger partial charge in [-0.25, -0.2) is 9.48 Å². The second-order valence-corrected chi connectivity index (χ2v) is 4.69. The average molecular weight is 326 g/mol. The summed E-state index contributed by atoms with van der Waals surface area (Å²) in [5, 5.41) is 22.4. The summed E-state index contributed by atoms with van der Waals surface area (Å²) in [7, 11) is 2.94. The van der Waals surface area contributed by atoms with Crippen LogP contribution in [-0.4, -0.2) is 44.3 Å². The van der Waals surface area contributed by atoms with E-state index in [4.69, 9.17) is 21.4 Å². The summed E-state index contributed by atoms with van der Waals surface area (Å²) in [6.45, 7) is 0. The quantitative estimate of drug-likeness (QED) is 0.832. The van der Waals surface area contributed by atoms with E-state index in [-0.39, 0.29) is 28.4 Å². The van der Waals surface area contributed by atoms with Crippen LogP contribution in [-0.2, 0) is 18.3 Å². The first-order valence-corrected chi connectivity index (χ1v) is 6.42. The Morgan fingerprint density at radius 1 is 1.45 bits per heavy atom. The highest BCUT2D eigenvalue weighted by molar-refractivity contribution is 6.34. The van der Waals surface area contributed by atoms with Gasteiger partial charge in [-0.15, -0.1) is 5.10 Å². The van der Waals surface area contributed by atoms with E-state index < -0.39 is 11.9 Å². The number of hydrogen-bond donors (Lipinski definition) is 2. The van der Waals surface area contributed by atoms with Crippen molar-refractivity contribution >= 4 is 29.2 Å². The molecule has 0 saturated carbocycles. The molecule has 1 amide bonds. The Hall–Kier alpha value is -2.68. The first-order valence-electron chi connectivity index (χ1n) is 6.04. The minimum Gasteiger partial charge on any atom is -0.496 e. The van der Waals surface area contributed by atoms with E-state index >= 15 is 0 Å². The lowest BCUT2D eigenvalue weighted by Gasteiger charge is -2.11. The molecule has 0 spiro atoms. The molecule has 1 aromatic heterocycles. The Bertz CT molecular complexity index is 730. The van der Waals surface area contributed by atoms with Gasteiger partial charge in [0.15, 0.2) is 5.82 Å². The second kappa shape index (κ2) is 6.39. The number of rotatable bonds is 5. The zero-order valence-electron chi connectivity index (χ0n) is 11.7. The number of nitrogens with one attached hydrogen (secondary N) is 1. The van der Waals surface area contributed by atoms with Gasteiger partial charge in [-0.2, -0.15) is 0 Å². The van der Waals surface area contributed by atoms with E-state index in [0.717, 1.165) is 0 Å². The van der Waals surface area contributed by atoms with Crippen LogP contribution in [0.2, 0.25) is 5.02 Å². The summed E-state index contributed by atoms with van der Waals surface area (Å²) in [4.78, 5) is 23.0. The number of aromatic nitrogens is 4. The van der Waals surface area contributed by atoms with Crippen LogP contribution < -0.4 is 10.1 Å². The van der Waals surface area contributed by atoms with Gasteiger partial charge in [0.25, 0.3) is 0 Å². The molecule has 0 aliphatic carbocycles. The number of carbonyl (C=O) groups is 2. The molecule has 0 fully saturated rings.